The Morgan fingerprint density at radius 2 is 1.57 bits per heavy atom. The zero-order valence-corrected chi connectivity index (χ0v) is 24.3. The number of hydrogen-bond acceptors (Lipinski definition) is 4. The van der Waals surface area contributed by atoms with Gasteiger partial charge in [-0.25, -0.2) is 4.79 Å². The minimum absolute atomic E-state index is 0.231. The summed E-state index contributed by atoms with van der Waals surface area (Å²) in [5.41, 5.74) is 6.69. The molecule has 8 heteroatoms. The highest BCUT2D eigenvalue weighted by atomic mass is 32.1. The molecule has 1 fully saturated rings. The van der Waals surface area contributed by atoms with Gasteiger partial charge in [0.05, 0.1) is 29.0 Å². The fourth-order valence-electron chi connectivity index (χ4n) is 5.67. The number of carboxylic acid groups (broad SMARTS) is 1. The van der Waals surface area contributed by atoms with Gasteiger partial charge in [-0.2, -0.15) is 0 Å². The van der Waals surface area contributed by atoms with Crippen LogP contribution in [0.15, 0.2) is 103 Å². The average molecular weight is 575 g/mol. The Balaban J connectivity index is 1.43. The average Bonchev–Trinajstić information content (AvgIpc) is 3.49. The van der Waals surface area contributed by atoms with Crippen molar-refractivity contribution in [3.8, 4) is 17.2 Å². The molecule has 3 heterocycles. The molecule has 0 unspecified atom stereocenters. The number of rotatable bonds is 7. The predicted molar refractivity (Wildman–Crippen MR) is 168 cm³/mol. The molecule has 2 aromatic heterocycles. The maximum atomic E-state index is 12.1. The van der Waals surface area contributed by atoms with Gasteiger partial charge < -0.3 is 24.6 Å². The maximum Gasteiger partial charge on any atom is 0.337 e. The Morgan fingerprint density at radius 3 is 2.24 bits per heavy atom. The monoisotopic (exact) mass is 574 g/mol. The first-order chi connectivity index (χ1) is 20.3. The summed E-state index contributed by atoms with van der Waals surface area (Å²) in [7, 11) is 0. The normalized spacial score (nSPS) is 16.4. The second-order valence-electron chi connectivity index (χ2n) is 10.4. The number of anilines is 1. The lowest BCUT2D eigenvalue weighted by Crippen LogP contribution is -2.29. The SMILES string of the molecule is Cc1ccc(Oc2ccc(N3C(=S)N[C@H](c4ccccn4)[C@@H]3c3cc(C)n(-c4ccccc4C(=O)O)c3C)cc2)cc1. The number of aryl methyl sites for hydroxylation is 2. The highest BCUT2D eigenvalue weighted by Crippen LogP contribution is 2.44. The van der Waals surface area contributed by atoms with Gasteiger partial charge in [0.25, 0.3) is 0 Å². The first-order valence-electron chi connectivity index (χ1n) is 13.7. The summed E-state index contributed by atoms with van der Waals surface area (Å²) in [4.78, 5) is 18.9. The van der Waals surface area contributed by atoms with Crippen molar-refractivity contribution in [1.29, 1.82) is 0 Å². The van der Waals surface area contributed by atoms with Crippen LogP contribution in [-0.4, -0.2) is 25.7 Å². The number of aromatic carboxylic acids is 1. The molecule has 0 radical (unpaired) electrons. The zero-order chi connectivity index (χ0) is 29.4. The van der Waals surface area contributed by atoms with E-state index in [9.17, 15) is 9.90 Å². The van der Waals surface area contributed by atoms with E-state index in [1.54, 1.807) is 18.3 Å². The van der Waals surface area contributed by atoms with Crippen molar-refractivity contribution in [1.82, 2.24) is 14.9 Å². The number of hydrogen-bond donors (Lipinski definition) is 2. The third kappa shape index (κ3) is 5.01. The quantitative estimate of drug-likeness (QED) is 0.195. The summed E-state index contributed by atoms with van der Waals surface area (Å²) in [6.45, 7) is 6.06. The number of aromatic nitrogens is 2. The molecule has 0 spiro atoms. The van der Waals surface area contributed by atoms with E-state index >= 15 is 0 Å². The number of para-hydroxylation sites is 1. The lowest BCUT2D eigenvalue weighted by atomic mass is 9.96. The largest absolute Gasteiger partial charge is 0.478 e. The van der Waals surface area contributed by atoms with Crippen LogP contribution in [-0.2, 0) is 0 Å². The molecule has 1 saturated heterocycles. The Morgan fingerprint density at radius 1 is 0.905 bits per heavy atom. The van der Waals surface area contributed by atoms with Gasteiger partial charge in [-0.3, -0.25) is 4.98 Å². The van der Waals surface area contributed by atoms with Gasteiger partial charge in [-0.15, -0.1) is 0 Å². The molecule has 2 N–H and O–H groups in total. The smallest absolute Gasteiger partial charge is 0.337 e. The standard InChI is InChI=1S/C34H30N4O3S/c1-21-11-15-25(16-12-21)41-26-17-13-24(14-18-26)38-32(31(36-34(38)42)29-9-6-7-19-35-29)28-20-22(2)37(23(28)3)30-10-5-4-8-27(30)33(39)40/h4-20,31-32H,1-3H3,(H,36,42)(H,39,40)/t31-,32+/m1/s1. The molecule has 1 aliphatic heterocycles. The number of carbonyl (C=O) groups is 1. The zero-order valence-electron chi connectivity index (χ0n) is 23.5. The summed E-state index contributed by atoms with van der Waals surface area (Å²) in [6, 6.07) is 30.4. The second kappa shape index (κ2) is 11.1. The fraction of sp³-hybridized carbons (Fsp3) is 0.147. The molecule has 6 rings (SSSR count). The summed E-state index contributed by atoms with van der Waals surface area (Å²) >= 11 is 5.93. The van der Waals surface area contributed by atoms with Crippen molar-refractivity contribution < 1.29 is 14.6 Å². The summed E-state index contributed by atoms with van der Waals surface area (Å²) in [5.74, 6) is 0.528. The first-order valence-corrected chi connectivity index (χ1v) is 14.1. The third-order valence-corrected chi connectivity index (χ3v) is 7.95. The van der Waals surface area contributed by atoms with E-state index in [1.807, 2.05) is 104 Å². The number of carboxylic acids is 1. The molecule has 5 aromatic rings. The molecule has 0 amide bonds. The molecule has 0 saturated carbocycles. The maximum absolute atomic E-state index is 12.1. The summed E-state index contributed by atoms with van der Waals surface area (Å²) in [6.07, 6.45) is 1.78. The van der Waals surface area contributed by atoms with Crippen molar-refractivity contribution in [3.63, 3.8) is 0 Å². The van der Waals surface area contributed by atoms with E-state index in [0.29, 0.717) is 10.8 Å². The molecule has 1 aliphatic rings. The van der Waals surface area contributed by atoms with Crippen LogP contribution >= 0.6 is 12.2 Å². The van der Waals surface area contributed by atoms with Gasteiger partial charge in [0, 0.05) is 23.3 Å². The van der Waals surface area contributed by atoms with Crippen LogP contribution in [0.3, 0.4) is 0 Å². The van der Waals surface area contributed by atoms with E-state index < -0.39 is 5.97 Å². The van der Waals surface area contributed by atoms with Gasteiger partial charge in [-0.05, 0) is 105 Å². The Labute approximate surface area is 250 Å². The number of pyridine rings is 1. The molecule has 42 heavy (non-hydrogen) atoms. The molecular formula is C34H30N4O3S. The molecular weight excluding hydrogens is 544 g/mol. The van der Waals surface area contributed by atoms with Gasteiger partial charge in [-0.1, -0.05) is 35.9 Å². The minimum Gasteiger partial charge on any atom is -0.478 e. The van der Waals surface area contributed by atoms with E-state index in [2.05, 4.69) is 21.3 Å². The highest BCUT2D eigenvalue weighted by molar-refractivity contribution is 7.80. The predicted octanol–water partition coefficient (Wildman–Crippen LogP) is 7.47. The number of nitrogens with one attached hydrogen (secondary N) is 1. The first kappa shape index (κ1) is 27.2. The molecule has 3 aromatic carbocycles. The van der Waals surface area contributed by atoms with Crippen LogP contribution in [0.2, 0.25) is 0 Å². The Bertz CT molecular complexity index is 1770. The number of thiocarbonyl (C=S) groups is 1. The lowest BCUT2D eigenvalue weighted by molar-refractivity contribution is 0.0697. The summed E-state index contributed by atoms with van der Waals surface area (Å²) in [5, 5.41) is 14.0. The molecule has 2 atom stereocenters. The Hall–Kier alpha value is -4.95. The number of ether oxygens (including phenoxy) is 1. The van der Waals surface area contributed by atoms with E-state index in [4.69, 9.17) is 17.0 Å². The van der Waals surface area contributed by atoms with Gasteiger partial charge in [0.2, 0.25) is 0 Å². The molecule has 0 aliphatic carbocycles. The van der Waals surface area contributed by atoms with Crippen LogP contribution in [0.25, 0.3) is 5.69 Å². The van der Waals surface area contributed by atoms with Crippen LogP contribution in [0.4, 0.5) is 5.69 Å². The van der Waals surface area contributed by atoms with Gasteiger partial charge in [0.15, 0.2) is 5.11 Å². The highest BCUT2D eigenvalue weighted by Gasteiger charge is 2.42. The topological polar surface area (TPSA) is 79.6 Å². The van der Waals surface area contributed by atoms with E-state index in [1.165, 1.54) is 5.56 Å². The van der Waals surface area contributed by atoms with E-state index in [0.717, 1.165) is 39.8 Å². The second-order valence-corrected chi connectivity index (χ2v) is 10.8. The van der Waals surface area contributed by atoms with Crippen LogP contribution in [0, 0.1) is 20.8 Å². The Kier molecular flexibility index (Phi) is 7.22. The van der Waals surface area contributed by atoms with Crippen molar-refractivity contribution in [3.05, 3.63) is 137 Å². The van der Waals surface area contributed by atoms with Crippen LogP contribution in [0.1, 0.15) is 50.7 Å². The van der Waals surface area contributed by atoms with Crippen molar-refractivity contribution in [2.45, 2.75) is 32.9 Å². The van der Waals surface area contributed by atoms with Gasteiger partial charge in [0.1, 0.15) is 11.5 Å². The lowest BCUT2D eigenvalue weighted by Gasteiger charge is -2.28. The molecule has 7 nitrogen and oxygen atoms in total. The molecule has 210 valence electrons. The van der Waals surface area contributed by atoms with Crippen molar-refractivity contribution in [2.75, 3.05) is 4.90 Å². The number of benzene rings is 3. The van der Waals surface area contributed by atoms with Gasteiger partial charge >= 0.3 is 5.97 Å². The van der Waals surface area contributed by atoms with Crippen molar-refractivity contribution in [2.24, 2.45) is 0 Å². The van der Waals surface area contributed by atoms with E-state index in [-0.39, 0.29) is 17.6 Å². The number of nitrogens with zero attached hydrogens (tertiary/aromatic N) is 3. The third-order valence-electron chi connectivity index (χ3n) is 7.63. The van der Waals surface area contributed by atoms with Crippen molar-refractivity contribution >= 4 is 29.0 Å². The molecule has 0 bridgehead atoms. The summed E-state index contributed by atoms with van der Waals surface area (Å²) < 4.78 is 8.08. The fourth-order valence-corrected chi connectivity index (χ4v) is 6.02. The van der Waals surface area contributed by atoms with Crippen LogP contribution < -0.4 is 15.0 Å². The minimum atomic E-state index is -0.968. The van der Waals surface area contributed by atoms with Crippen LogP contribution in [0.5, 0.6) is 11.5 Å².